The summed E-state index contributed by atoms with van der Waals surface area (Å²) in [5, 5.41) is 4.39. The molecular weight excluding hydrogens is 212 g/mol. The summed E-state index contributed by atoms with van der Waals surface area (Å²) in [4.78, 5) is 0. The smallest absolute Gasteiger partial charge is 0.128 e. The molecule has 0 saturated carbocycles. The minimum atomic E-state index is 0.908. The average molecular weight is 230 g/mol. The van der Waals surface area contributed by atoms with E-state index >= 15 is 0 Å². The fourth-order valence-corrected chi connectivity index (χ4v) is 2.26. The van der Waals surface area contributed by atoms with Crippen LogP contribution >= 0.6 is 0 Å². The molecule has 2 aromatic rings. The SMILES string of the molecule is COc1cc(C)cc(C)c1-c1cc(C)nn1C. The summed E-state index contributed by atoms with van der Waals surface area (Å²) in [7, 11) is 3.67. The average Bonchev–Trinajstić information content (AvgIpc) is 2.56. The van der Waals surface area contributed by atoms with Crippen molar-refractivity contribution in [2.75, 3.05) is 7.11 Å². The monoisotopic (exact) mass is 230 g/mol. The maximum atomic E-state index is 5.48. The predicted octanol–water partition coefficient (Wildman–Crippen LogP) is 3.02. The summed E-state index contributed by atoms with van der Waals surface area (Å²) in [6.45, 7) is 6.18. The highest BCUT2D eigenvalue weighted by atomic mass is 16.5. The van der Waals surface area contributed by atoms with Crippen molar-refractivity contribution >= 4 is 0 Å². The van der Waals surface area contributed by atoms with Gasteiger partial charge in [-0.3, -0.25) is 4.68 Å². The Morgan fingerprint density at radius 1 is 1.12 bits per heavy atom. The van der Waals surface area contributed by atoms with Crippen molar-refractivity contribution in [3.63, 3.8) is 0 Å². The topological polar surface area (TPSA) is 27.1 Å². The first kappa shape index (κ1) is 11.7. The van der Waals surface area contributed by atoms with Gasteiger partial charge in [-0.1, -0.05) is 6.07 Å². The van der Waals surface area contributed by atoms with Gasteiger partial charge in [0.1, 0.15) is 5.75 Å². The fourth-order valence-electron chi connectivity index (χ4n) is 2.26. The summed E-state index contributed by atoms with van der Waals surface area (Å²) in [5.74, 6) is 0.908. The van der Waals surface area contributed by atoms with Crippen LogP contribution in [-0.4, -0.2) is 16.9 Å². The molecule has 1 aromatic heterocycles. The van der Waals surface area contributed by atoms with Gasteiger partial charge in [0, 0.05) is 12.6 Å². The van der Waals surface area contributed by atoms with Crippen LogP contribution in [0, 0.1) is 20.8 Å². The lowest BCUT2D eigenvalue weighted by molar-refractivity contribution is 0.415. The van der Waals surface area contributed by atoms with Gasteiger partial charge in [-0.15, -0.1) is 0 Å². The third-order valence-corrected chi connectivity index (χ3v) is 2.92. The van der Waals surface area contributed by atoms with Crippen LogP contribution in [0.3, 0.4) is 0 Å². The highest BCUT2D eigenvalue weighted by molar-refractivity contribution is 5.72. The van der Waals surface area contributed by atoms with Gasteiger partial charge in [0.25, 0.3) is 0 Å². The normalized spacial score (nSPS) is 10.6. The first-order chi connectivity index (χ1) is 8.02. The molecule has 17 heavy (non-hydrogen) atoms. The van der Waals surface area contributed by atoms with Gasteiger partial charge in [-0.05, 0) is 44.0 Å². The van der Waals surface area contributed by atoms with Crippen LogP contribution in [0.25, 0.3) is 11.3 Å². The lowest BCUT2D eigenvalue weighted by atomic mass is 10.0. The molecule has 0 unspecified atom stereocenters. The van der Waals surface area contributed by atoms with Gasteiger partial charge in [0.2, 0.25) is 0 Å². The van der Waals surface area contributed by atoms with Crippen molar-refractivity contribution in [3.8, 4) is 17.0 Å². The zero-order valence-electron chi connectivity index (χ0n) is 11.0. The second-order valence-electron chi connectivity index (χ2n) is 4.45. The minimum absolute atomic E-state index is 0.908. The molecule has 0 spiro atoms. The summed E-state index contributed by atoms with van der Waals surface area (Å²) < 4.78 is 7.38. The number of hydrogen-bond acceptors (Lipinski definition) is 2. The molecule has 0 saturated heterocycles. The first-order valence-corrected chi connectivity index (χ1v) is 5.69. The second-order valence-corrected chi connectivity index (χ2v) is 4.45. The predicted molar refractivity (Wildman–Crippen MR) is 69.4 cm³/mol. The van der Waals surface area contributed by atoms with Gasteiger partial charge in [-0.25, -0.2) is 0 Å². The molecule has 0 N–H and O–H groups in total. The maximum absolute atomic E-state index is 5.48. The number of hydrogen-bond donors (Lipinski definition) is 0. The molecule has 0 atom stereocenters. The molecule has 3 heteroatoms. The summed E-state index contributed by atoms with van der Waals surface area (Å²) in [6.07, 6.45) is 0. The molecule has 1 aromatic carbocycles. The number of rotatable bonds is 2. The molecule has 0 radical (unpaired) electrons. The number of benzene rings is 1. The van der Waals surface area contributed by atoms with E-state index in [2.05, 4.69) is 37.1 Å². The number of ether oxygens (including phenoxy) is 1. The van der Waals surface area contributed by atoms with Gasteiger partial charge < -0.3 is 4.74 Å². The highest BCUT2D eigenvalue weighted by Crippen LogP contribution is 2.34. The van der Waals surface area contributed by atoms with Crippen LogP contribution in [-0.2, 0) is 7.05 Å². The van der Waals surface area contributed by atoms with E-state index in [0.717, 1.165) is 22.7 Å². The van der Waals surface area contributed by atoms with Crippen LogP contribution in [0.5, 0.6) is 5.75 Å². The van der Waals surface area contributed by atoms with E-state index in [1.165, 1.54) is 11.1 Å². The molecule has 0 amide bonds. The van der Waals surface area contributed by atoms with E-state index in [1.807, 2.05) is 18.7 Å². The lowest BCUT2D eigenvalue weighted by Crippen LogP contribution is -1.98. The van der Waals surface area contributed by atoms with Gasteiger partial charge in [0.05, 0.1) is 18.5 Å². The van der Waals surface area contributed by atoms with Crippen LogP contribution in [0.1, 0.15) is 16.8 Å². The van der Waals surface area contributed by atoms with Crippen molar-refractivity contribution in [2.24, 2.45) is 7.05 Å². The molecular formula is C14H18N2O. The van der Waals surface area contributed by atoms with Crippen molar-refractivity contribution in [1.82, 2.24) is 9.78 Å². The van der Waals surface area contributed by atoms with Crippen molar-refractivity contribution in [2.45, 2.75) is 20.8 Å². The zero-order valence-corrected chi connectivity index (χ0v) is 11.0. The van der Waals surface area contributed by atoms with E-state index in [-0.39, 0.29) is 0 Å². The van der Waals surface area contributed by atoms with Crippen molar-refractivity contribution in [1.29, 1.82) is 0 Å². The number of aromatic nitrogens is 2. The van der Waals surface area contributed by atoms with E-state index in [1.54, 1.807) is 7.11 Å². The maximum Gasteiger partial charge on any atom is 0.128 e. The quantitative estimate of drug-likeness (QED) is 0.793. The largest absolute Gasteiger partial charge is 0.496 e. The zero-order chi connectivity index (χ0) is 12.6. The van der Waals surface area contributed by atoms with E-state index < -0.39 is 0 Å². The first-order valence-electron chi connectivity index (χ1n) is 5.69. The Morgan fingerprint density at radius 3 is 2.35 bits per heavy atom. The Kier molecular flexibility index (Phi) is 2.92. The fraction of sp³-hybridized carbons (Fsp3) is 0.357. The Hall–Kier alpha value is -1.77. The standard InChI is InChI=1S/C14H18N2O/c1-9-6-10(2)14(13(7-9)17-5)12-8-11(3)15-16(12)4/h6-8H,1-5H3. The Balaban J connectivity index is 2.70. The Morgan fingerprint density at radius 2 is 1.82 bits per heavy atom. The van der Waals surface area contributed by atoms with E-state index in [9.17, 15) is 0 Å². The molecule has 3 nitrogen and oxygen atoms in total. The highest BCUT2D eigenvalue weighted by Gasteiger charge is 2.14. The molecule has 90 valence electrons. The third-order valence-electron chi connectivity index (χ3n) is 2.92. The molecule has 0 aliphatic heterocycles. The molecule has 1 heterocycles. The molecule has 2 rings (SSSR count). The van der Waals surface area contributed by atoms with Crippen molar-refractivity contribution in [3.05, 3.63) is 35.0 Å². The molecule has 0 aliphatic carbocycles. The van der Waals surface area contributed by atoms with Crippen LogP contribution in [0.2, 0.25) is 0 Å². The lowest BCUT2D eigenvalue weighted by Gasteiger charge is -2.13. The van der Waals surface area contributed by atoms with E-state index in [0.29, 0.717) is 0 Å². The van der Waals surface area contributed by atoms with Gasteiger partial charge in [0.15, 0.2) is 0 Å². The second kappa shape index (κ2) is 4.24. The number of aryl methyl sites for hydroxylation is 4. The van der Waals surface area contributed by atoms with Crippen LogP contribution in [0.4, 0.5) is 0 Å². The van der Waals surface area contributed by atoms with Gasteiger partial charge in [-0.2, -0.15) is 5.10 Å². The molecule has 0 aliphatic rings. The van der Waals surface area contributed by atoms with Crippen LogP contribution in [0.15, 0.2) is 18.2 Å². The number of nitrogens with zero attached hydrogens (tertiary/aromatic N) is 2. The summed E-state index contributed by atoms with van der Waals surface area (Å²) in [6, 6.07) is 6.31. The van der Waals surface area contributed by atoms with Crippen LogP contribution < -0.4 is 4.74 Å². The number of methoxy groups -OCH3 is 1. The molecule has 0 fully saturated rings. The minimum Gasteiger partial charge on any atom is -0.496 e. The Labute approximate surface area is 102 Å². The Bertz CT molecular complexity index is 556. The summed E-state index contributed by atoms with van der Waals surface area (Å²) >= 11 is 0. The summed E-state index contributed by atoms with van der Waals surface area (Å²) in [5.41, 5.74) is 5.66. The van der Waals surface area contributed by atoms with Gasteiger partial charge >= 0.3 is 0 Å². The third kappa shape index (κ3) is 2.05. The molecule has 0 bridgehead atoms. The van der Waals surface area contributed by atoms with Crippen molar-refractivity contribution < 1.29 is 4.74 Å². The van der Waals surface area contributed by atoms with E-state index in [4.69, 9.17) is 4.74 Å².